The Morgan fingerprint density at radius 3 is 2.46 bits per heavy atom. The highest BCUT2D eigenvalue weighted by molar-refractivity contribution is 4.74. The highest BCUT2D eigenvalue weighted by Gasteiger charge is 2.22. The molecule has 0 N–H and O–H groups in total. The summed E-state index contributed by atoms with van der Waals surface area (Å²) in [5.41, 5.74) is 0. The van der Waals surface area contributed by atoms with E-state index in [1.54, 1.807) is 0 Å². The molecular weight excluding hydrogens is 160 g/mol. The molecule has 1 saturated carbocycles. The molecule has 0 spiro atoms. The van der Waals surface area contributed by atoms with E-state index in [-0.39, 0.29) is 0 Å². The summed E-state index contributed by atoms with van der Waals surface area (Å²) in [6.07, 6.45) is 8.22. The zero-order valence-electron chi connectivity index (χ0n) is 9.22. The van der Waals surface area contributed by atoms with E-state index < -0.39 is 0 Å². The zero-order valence-corrected chi connectivity index (χ0v) is 9.22. The molecule has 2 atom stereocenters. The molecule has 0 amide bonds. The van der Waals surface area contributed by atoms with Crippen LogP contribution in [-0.4, -0.2) is 13.2 Å². The third-order valence-corrected chi connectivity index (χ3v) is 3.25. The molecule has 0 aliphatic heterocycles. The van der Waals surface area contributed by atoms with Crippen molar-refractivity contribution in [1.29, 1.82) is 0 Å². The summed E-state index contributed by atoms with van der Waals surface area (Å²) in [7, 11) is 0. The summed E-state index contributed by atoms with van der Waals surface area (Å²) in [4.78, 5) is 0. The van der Waals surface area contributed by atoms with Crippen molar-refractivity contribution >= 4 is 0 Å². The predicted octanol–water partition coefficient (Wildman–Crippen LogP) is 3.63. The summed E-state index contributed by atoms with van der Waals surface area (Å²) < 4.78 is 5.51. The van der Waals surface area contributed by atoms with Gasteiger partial charge in [0.2, 0.25) is 0 Å². The van der Waals surface area contributed by atoms with Gasteiger partial charge >= 0.3 is 0 Å². The molecule has 0 aromatic heterocycles. The van der Waals surface area contributed by atoms with Gasteiger partial charge in [0.1, 0.15) is 0 Å². The Morgan fingerprint density at radius 1 is 1.08 bits per heavy atom. The quantitative estimate of drug-likeness (QED) is 0.573. The van der Waals surface area contributed by atoms with Gasteiger partial charge < -0.3 is 4.74 Å². The minimum Gasteiger partial charge on any atom is -0.381 e. The summed E-state index contributed by atoms with van der Waals surface area (Å²) in [5, 5.41) is 0. The van der Waals surface area contributed by atoms with Crippen LogP contribution in [0.4, 0.5) is 0 Å². The lowest BCUT2D eigenvalue weighted by molar-refractivity contribution is 0.120. The largest absolute Gasteiger partial charge is 0.381 e. The van der Waals surface area contributed by atoms with Gasteiger partial charge in [-0.1, -0.05) is 33.1 Å². The second-order valence-electron chi connectivity index (χ2n) is 4.35. The zero-order chi connectivity index (χ0) is 9.52. The Kier molecular flexibility index (Phi) is 5.45. The van der Waals surface area contributed by atoms with Crippen LogP contribution in [0.2, 0.25) is 0 Å². The summed E-state index contributed by atoms with van der Waals surface area (Å²) in [5.74, 6) is 2.00. The average molecular weight is 184 g/mol. The molecule has 78 valence electrons. The Hall–Kier alpha value is -0.0400. The van der Waals surface area contributed by atoms with Crippen molar-refractivity contribution in [2.24, 2.45) is 11.8 Å². The normalized spacial score (nSPS) is 28.2. The molecule has 1 fully saturated rings. The minimum absolute atomic E-state index is 0.948. The fourth-order valence-corrected chi connectivity index (χ4v) is 2.31. The molecule has 1 heteroatoms. The maximum atomic E-state index is 5.51. The van der Waals surface area contributed by atoms with Crippen LogP contribution in [0.3, 0.4) is 0 Å². The SMILES string of the molecule is CCCOCCC1CCC(CC)C1. The Bertz CT molecular complexity index is 122. The maximum absolute atomic E-state index is 5.51. The van der Waals surface area contributed by atoms with E-state index in [0.29, 0.717) is 0 Å². The van der Waals surface area contributed by atoms with Gasteiger partial charge in [0, 0.05) is 13.2 Å². The van der Waals surface area contributed by atoms with Crippen molar-refractivity contribution in [3.05, 3.63) is 0 Å². The van der Waals surface area contributed by atoms with Crippen LogP contribution in [0.5, 0.6) is 0 Å². The van der Waals surface area contributed by atoms with E-state index in [2.05, 4.69) is 13.8 Å². The summed E-state index contributed by atoms with van der Waals surface area (Å²) in [6.45, 7) is 6.43. The minimum atomic E-state index is 0.948. The van der Waals surface area contributed by atoms with Crippen LogP contribution >= 0.6 is 0 Å². The van der Waals surface area contributed by atoms with Crippen molar-refractivity contribution < 1.29 is 4.74 Å². The van der Waals surface area contributed by atoms with E-state index in [4.69, 9.17) is 4.74 Å². The number of hydrogen-bond acceptors (Lipinski definition) is 1. The fraction of sp³-hybridized carbons (Fsp3) is 1.00. The van der Waals surface area contributed by atoms with Crippen molar-refractivity contribution in [2.75, 3.05) is 13.2 Å². The molecule has 2 unspecified atom stereocenters. The van der Waals surface area contributed by atoms with Gasteiger partial charge in [-0.3, -0.25) is 0 Å². The molecule has 1 rings (SSSR count). The molecule has 0 saturated heterocycles. The van der Waals surface area contributed by atoms with Gasteiger partial charge in [-0.15, -0.1) is 0 Å². The first-order valence-corrected chi connectivity index (χ1v) is 5.94. The van der Waals surface area contributed by atoms with Crippen LogP contribution in [-0.2, 0) is 4.74 Å². The first kappa shape index (κ1) is 11.0. The Balaban J connectivity index is 1.97. The Labute approximate surface area is 82.9 Å². The van der Waals surface area contributed by atoms with Gasteiger partial charge in [-0.05, 0) is 31.1 Å². The standard InChI is InChI=1S/C12H24O/c1-3-8-13-9-7-12-6-5-11(4-2)10-12/h11-12H,3-10H2,1-2H3. The van der Waals surface area contributed by atoms with Gasteiger partial charge in [-0.25, -0.2) is 0 Å². The molecule has 0 aromatic rings. The number of hydrogen-bond donors (Lipinski definition) is 0. The third-order valence-electron chi connectivity index (χ3n) is 3.25. The van der Waals surface area contributed by atoms with Gasteiger partial charge in [-0.2, -0.15) is 0 Å². The van der Waals surface area contributed by atoms with Crippen molar-refractivity contribution in [2.45, 2.75) is 52.4 Å². The topological polar surface area (TPSA) is 9.23 Å². The lowest BCUT2D eigenvalue weighted by Gasteiger charge is -2.09. The molecule has 1 aliphatic carbocycles. The van der Waals surface area contributed by atoms with E-state index in [9.17, 15) is 0 Å². The molecule has 0 aromatic carbocycles. The Morgan fingerprint density at radius 2 is 1.85 bits per heavy atom. The molecule has 0 radical (unpaired) electrons. The third kappa shape index (κ3) is 4.12. The van der Waals surface area contributed by atoms with Crippen LogP contribution in [0.1, 0.15) is 52.4 Å². The average Bonchev–Trinajstić information content (AvgIpc) is 2.60. The second kappa shape index (κ2) is 6.42. The fourth-order valence-electron chi connectivity index (χ4n) is 2.31. The van der Waals surface area contributed by atoms with Crippen molar-refractivity contribution in [1.82, 2.24) is 0 Å². The van der Waals surface area contributed by atoms with Crippen LogP contribution in [0.25, 0.3) is 0 Å². The van der Waals surface area contributed by atoms with E-state index in [1.807, 2.05) is 0 Å². The lowest BCUT2D eigenvalue weighted by atomic mass is 10.0. The first-order chi connectivity index (χ1) is 6.36. The van der Waals surface area contributed by atoms with Crippen molar-refractivity contribution in [3.8, 4) is 0 Å². The number of ether oxygens (including phenoxy) is 1. The number of rotatable bonds is 6. The van der Waals surface area contributed by atoms with Gasteiger partial charge in [0.15, 0.2) is 0 Å². The van der Waals surface area contributed by atoms with Crippen molar-refractivity contribution in [3.63, 3.8) is 0 Å². The molecule has 0 bridgehead atoms. The highest BCUT2D eigenvalue weighted by atomic mass is 16.5. The monoisotopic (exact) mass is 184 g/mol. The van der Waals surface area contributed by atoms with Gasteiger partial charge in [0.25, 0.3) is 0 Å². The van der Waals surface area contributed by atoms with Gasteiger partial charge in [0.05, 0.1) is 0 Å². The predicted molar refractivity (Wildman–Crippen MR) is 56.8 cm³/mol. The molecule has 1 aliphatic rings. The molecule has 1 nitrogen and oxygen atoms in total. The van der Waals surface area contributed by atoms with Crippen LogP contribution in [0, 0.1) is 11.8 Å². The molecule has 13 heavy (non-hydrogen) atoms. The van der Waals surface area contributed by atoms with E-state index in [1.165, 1.54) is 32.1 Å². The molecular formula is C12H24O. The second-order valence-corrected chi connectivity index (χ2v) is 4.35. The maximum Gasteiger partial charge on any atom is 0.0468 e. The smallest absolute Gasteiger partial charge is 0.0468 e. The molecule has 0 heterocycles. The van der Waals surface area contributed by atoms with E-state index >= 15 is 0 Å². The summed E-state index contributed by atoms with van der Waals surface area (Å²) in [6, 6.07) is 0. The van der Waals surface area contributed by atoms with Crippen LogP contribution < -0.4 is 0 Å². The van der Waals surface area contributed by atoms with Crippen LogP contribution in [0.15, 0.2) is 0 Å². The van der Waals surface area contributed by atoms with E-state index in [0.717, 1.165) is 31.5 Å². The lowest BCUT2D eigenvalue weighted by Crippen LogP contribution is -2.03. The first-order valence-electron chi connectivity index (χ1n) is 5.94. The highest BCUT2D eigenvalue weighted by Crippen LogP contribution is 2.34. The summed E-state index contributed by atoms with van der Waals surface area (Å²) >= 11 is 0.